The van der Waals surface area contributed by atoms with Crippen LogP contribution >= 0.6 is 11.6 Å². The number of para-hydroxylation sites is 1. The number of ether oxygens (including phenoxy) is 1. The molecular formula is C27H28ClN5O7. The number of halogens is 1. The number of carbonyl (C=O) groups is 3. The molecule has 210 valence electrons. The van der Waals surface area contributed by atoms with Crippen LogP contribution in [0.1, 0.15) is 41.3 Å². The number of hydrogen-bond donors (Lipinski definition) is 3. The van der Waals surface area contributed by atoms with Gasteiger partial charge in [0.05, 0.1) is 19.6 Å². The molecule has 0 bridgehead atoms. The molecule has 0 aliphatic carbocycles. The number of methoxy groups -OCH3 is 1. The van der Waals surface area contributed by atoms with E-state index in [9.17, 15) is 14.4 Å². The number of carbonyl (C=O) groups excluding carboxylic acids is 2. The summed E-state index contributed by atoms with van der Waals surface area (Å²) in [6, 6.07) is 12.5. The third kappa shape index (κ3) is 6.89. The van der Waals surface area contributed by atoms with Gasteiger partial charge in [-0.2, -0.15) is 0 Å². The SMILES string of the molecule is CC[C@@H](NC(=O)N1C/C(=N/Oc2ccccc2)NC[C@@H](Cc2cc(Cl)ccc2OC)C1=O)c1nc(C(=O)O)co1. The van der Waals surface area contributed by atoms with Crippen LogP contribution in [0.5, 0.6) is 11.5 Å². The molecule has 0 unspecified atom stereocenters. The molecule has 3 N–H and O–H groups in total. The number of amides is 3. The Morgan fingerprint density at radius 2 is 2.08 bits per heavy atom. The zero-order valence-corrected chi connectivity index (χ0v) is 22.6. The van der Waals surface area contributed by atoms with Crippen molar-refractivity contribution in [2.75, 3.05) is 20.2 Å². The lowest BCUT2D eigenvalue weighted by Crippen LogP contribution is -2.48. The third-order valence-corrected chi connectivity index (χ3v) is 6.41. The van der Waals surface area contributed by atoms with E-state index in [0.717, 1.165) is 11.2 Å². The largest absolute Gasteiger partial charge is 0.496 e. The molecule has 4 rings (SSSR count). The second-order valence-electron chi connectivity index (χ2n) is 8.89. The number of rotatable bonds is 9. The van der Waals surface area contributed by atoms with E-state index in [4.69, 9.17) is 30.7 Å². The lowest BCUT2D eigenvalue weighted by atomic mass is 9.97. The van der Waals surface area contributed by atoms with Crippen molar-refractivity contribution in [3.63, 3.8) is 0 Å². The van der Waals surface area contributed by atoms with Gasteiger partial charge in [0.2, 0.25) is 11.8 Å². The first-order chi connectivity index (χ1) is 19.3. The van der Waals surface area contributed by atoms with E-state index < -0.39 is 29.9 Å². The highest BCUT2D eigenvalue weighted by molar-refractivity contribution is 6.30. The van der Waals surface area contributed by atoms with Crippen LogP contribution in [0, 0.1) is 5.92 Å². The minimum atomic E-state index is -1.26. The molecule has 0 radical (unpaired) electrons. The number of urea groups is 1. The molecule has 2 aromatic carbocycles. The van der Waals surface area contributed by atoms with Crippen LogP contribution in [0.4, 0.5) is 4.79 Å². The number of nitrogens with zero attached hydrogens (tertiary/aromatic N) is 3. The smallest absolute Gasteiger partial charge is 0.357 e. The highest BCUT2D eigenvalue weighted by atomic mass is 35.5. The van der Waals surface area contributed by atoms with E-state index in [-0.39, 0.29) is 36.9 Å². The van der Waals surface area contributed by atoms with Crippen molar-refractivity contribution in [1.29, 1.82) is 0 Å². The van der Waals surface area contributed by atoms with E-state index in [2.05, 4.69) is 20.8 Å². The molecule has 1 saturated heterocycles. The topological polar surface area (TPSA) is 156 Å². The lowest BCUT2D eigenvalue weighted by Gasteiger charge is -2.24. The zero-order valence-electron chi connectivity index (χ0n) is 21.8. The van der Waals surface area contributed by atoms with Gasteiger partial charge in [0.1, 0.15) is 18.1 Å². The van der Waals surface area contributed by atoms with Crippen LogP contribution in [-0.4, -0.2) is 58.9 Å². The molecule has 0 spiro atoms. The zero-order chi connectivity index (χ0) is 28.6. The summed E-state index contributed by atoms with van der Waals surface area (Å²) in [7, 11) is 1.52. The Bertz CT molecular complexity index is 1390. The predicted octanol–water partition coefficient (Wildman–Crippen LogP) is 3.88. The Morgan fingerprint density at radius 3 is 2.75 bits per heavy atom. The number of oxime groups is 1. The first-order valence-corrected chi connectivity index (χ1v) is 12.8. The van der Waals surface area contributed by atoms with E-state index in [1.807, 2.05) is 6.07 Å². The Balaban J connectivity index is 1.60. The van der Waals surface area contributed by atoms with Gasteiger partial charge >= 0.3 is 12.0 Å². The second-order valence-corrected chi connectivity index (χ2v) is 9.33. The summed E-state index contributed by atoms with van der Waals surface area (Å²) >= 11 is 6.20. The minimum absolute atomic E-state index is 0.00941. The monoisotopic (exact) mass is 569 g/mol. The highest BCUT2D eigenvalue weighted by Crippen LogP contribution is 2.27. The summed E-state index contributed by atoms with van der Waals surface area (Å²) < 4.78 is 10.7. The number of carboxylic acid groups (broad SMARTS) is 1. The Hall–Kier alpha value is -4.58. The van der Waals surface area contributed by atoms with Gasteiger partial charge in [-0.15, -0.1) is 0 Å². The van der Waals surface area contributed by atoms with E-state index in [1.54, 1.807) is 49.4 Å². The van der Waals surface area contributed by atoms with Crippen LogP contribution in [0.3, 0.4) is 0 Å². The first kappa shape index (κ1) is 28.4. The van der Waals surface area contributed by atoms with Crippen molar-refractivity contribution in [3.05, 3.63) is 77.0 Å². The summed E-state index contributed by atoms with van der Waals surface area (Å²) in [5.74, 6) is -1.12. The summed E-state index contributed by atoms with van der Waals surface area (Å²) in [6.45, 7) is 1.72. The van der Waals surface area contributed by atoms with Gasteiger partial charge in [0, 0.05) is 11.6 Å². The maximum atomic E-state index is 13.7. The van der Waals surface area contributed by atoms with Crippen molar-refractivity contribution < 1.29 is 33.5 Å². The molecule has 1 aliphatic heterocycles. The minimum Gasteiger partial charge on any atom is -0.496 e. The number of imide groups is 1. The Morgan fingerprint density at radius 1 is 1.30 bits per heavy atom. The molecule has 1 aromatic heterocycles. The van der Waals surface area contributed by atoms with Crippen molar-refractivity contribution in [2.24, 2.45) is 11.1 Å². The van der Waals surface area contributed by atoms with Gasteiger partial charge in [0.15, 0.2) is 17.3 Å². The second kappa shape index (κ2) is 13.0. The fourth-order valence-electron chi connectivity index (χ4n) is 4.10. The average molecular weight is 570 g/mol. The number of nitrogens with one attached hydrogen (secondary N) is 2. The number of benzene rings is 2. The number of carboxylic acids is 1. The van der Waals surface area contributed by atoms with Gasteiger partial charge in [-0.3, -0.25) is 9.69 Å². The maximum absolute atomic E-state index is 13.7. The molecule has 2 atom stereocenters. The molecule has 1 fully saturated rings. The highest BCUT2D eigenvalue weighted by Gasteiger charge is 2.35. The van der Waals surface area contributed by atoms with Crippen molar-refractivity contribution in [2.45, 2.75) is 25.8 Å². The van der Waals surface area contributed by atoms with Crippen molar-refractivity contribution >= 4 is 35.3 Å². The van der Waals surface area contributed by atoms with Crippen LogP contribution in [-0.2, 0) is 11.2 Å². The summed E-state index contributed by atoms with van der Waals surface area (Å²) in [5.41, 5.74) is 0.407. The van der Waals surface area contributed by atoms with E-state index in [1.165, 1.54) is 7.11 Å². The number of amidine groups is 1. The lowest BCUT2D eigenvalue weighted by molar-refractivity contribution is -0.131. The van der Waals surface area contributed by atoms with E-state index >= 15 is 0 Å². The third-order valence-electron chi connectivity index (χ3n) is 6.18. The molecule has 3 amide bonds. The number of aromatic carboxylic acids is 1. The summed E-state index contributed by atoms with van der Waals surface area (Å²) in [4.78, 5) is 48.9. The Kier molecular flexibility index (Phi) is 9.23. The molecule has 12 nitrogen and oxygen atoms in total. The van der Waals surface area contributed by atoms with Crippen LogP contribution in [0.25, 0.3) is 0 Å². The summed E-state index contributed by atoms with van der Waals surface area (Å²) in [5, 5.41) is 19.6. The molecule has 0 saturated carbocycles. The fourth-order valence-corrected chi connectivity index (χ4v) is 4.29. The molecular weight excluding hydrogens is 542 g/mol. The molecule has 3 aromatic rings. The molecule has 40 heavy (non-hydrogen) atoms. The van der Waals surface area contributed by atoms with Crippen LogP contribution < -0.4 is 20.2 Å². The number of hydrogen-bond acceptors (Lipinski definition) is 8. The Labute approximate surface area is 234 Å². The van der Waals surface area contributed by atoms with Gasteiger partial charge in [-0.1, -0.05) is 41.9 Å². The fraction of sp³-hybridized carbons (Fsp3) is 0.296. The quantitative estimate of drug-likeness (QED) is 0.325. The van der Waals surface area contributed by atoms with Crippen molar-refractivity contribution in [3.8, 4) is 11.5 Å². The van der Waals surface area contributed by atoms with Crippen LogP contribution in [0.15, 0.2) is 64.4 Å². The van der Waals surface area contributed by atoms with Gasteiger partial charge in [0.25, 0.3) is 0 Å². The normalized spacial score (nSPS) is 17.1. The standard InChI is InChI=1S/C27H28ClN5O7/c1-3-20(24-30-21(15-39-24)26(35)36)31-27(37)33-14-23(32-40-19-7-5-4-6-8-19)29-13-17(25(33)34)11-16-12-18(28)9-10-22(16)38-2/h4-10,12,15,17,20H,3,11,13-14H2,1-2H3,(H,29,32)(H,31,37)(H,35,36)/t17-,20-/m1/s1. The average Bonchev–Trinajstić information content (AvgIpc) is 3.40. The molecule has 2 heterocycles. The number of aromatic nitrogens is 1. The van der Waals surface area contributed by atoms with Gasteiger partial charge < -0.3 is 29.7 Å². The first-order valence-electron chi connectivity index (χ1n) is 12.4. The number of oxazole rings is 1. The molecule has 13 heteroatoms. The van der Waals surface area contributed by atoms with Crippen molar-refractivity contribution in [1.82, 2.24) is 20.5 Å². The summed E-state index contributed by atoms with van der Waals surface area (Å²) in [6.07, 6.45) is 1.55. The maximum Gasteiger partial charge on any atom is 0.357 e. The van der Waals surface area contributed by atoms with Gasteiger partial charge in [-0.25, -0.2) is 14.6 Å². The molecule has 1 aliphatic rings. The van der Waals surface area contributed by atoms with E-state index in [0.29, 0.717) is 28.5 Å². The van der Waals surface area contributed by atoms with Crippen LogP contribution in [0.2, 0.25) is 5.02 Å². The predicted molar refractivity (Wildman–Crippen MR) is 144 cm³/mol. The van der Waals surface area contributed by atoms with Gasteiger partial charge in [-0.05, 0) is 48.7 Å².